The second kappa shape index (κ2) is 9.24. The first kappa shape index (κ1) is 22.3. The van der Waals surface area contributed by atoms with Gasteiger partial charge in [0.2, 0.25) is 0 Å². The third kappa shape index (κ3) is 8.93. The second-order valence-electron chi connectivity index (χ2n) is 8.16. The lowest BCUT2D eigenvalue weighted by atomic mass is 9.75. The van der Waals surface area contributed by atoms with Gasteiger partial charge in [-0.1, -0.05) is 27.7 Å². The van der Waals surface area contributed by atoms with E-state index in [0.29, 0.717) is 12.4 Å². The highest BCUT2D eigenvalue weighted by Crippen LogP contribution is 2.35. The van der Waals surface area contributed by atoms with E-state index in [2.05, 4.69) is 27.7 Å². The summed E-state index contributed by atoms with van der Waals surface area (Å²) in [5, 5.41) is 9.12. The zero-order valence-corrected chi connectivity index (χ0v) is 17.3. The van der Waals surface area contributed by atoms with Gasteiger partial charge >= 0.3 is 0 Å². The fourth-order valence-corrected chi connectivity index (χ4v) is 3.44. The third-order valence-electron chi connectivity index (χ3n) is 4.64. The Labute approximate surface area is 157 Å². The van der Waals surface area contributed by atoms with E-state index < -0.39 is 9.05 Å². The topological polar surface area (TPSA) is 63.6 Å². The van der Waals surface area contributed by atoms with Crippen LogP contribution in [0.2, 0.25) is 0 Å². The molecule has 1 aromatic carbocycles. The number of aliphatic hydroxyl groups excluding tert-OH is 1. The molecule has 0 unspecified atom stereocenters. The first-order valence-corrected chi connectivity index (χ1v) is 11.0. The van der Waals surface area contributed by atoms with E-state index in [1.807, 2.05) is 0 Å². The Morgan fingerprint density at radius 1 is 0.960 bits per heavy atom. The summed E-state index contributed by atoms with van der Waals surface area (Å²) >= 11 is 0. The number of aliphatic hydroxyl groups is 1. The molecule has 6 heteroatoms. The van der Waals surface area contributed by atoms with Crippen molar-refractivity contribution in [2.45, 2.75) is 64.7 Å². The molecule has 0 aliphatic heterocycles. The van der Waals surface area contributed by atoms with E-state index in [9.17, 15) is 8.42 Å². The van der Waals surface area contributed by atoms with Gasteiger partial charge in [-0.15, -0.1) is 0 Å². The lowest BCUT2D eigenvalue weighted by Gasteiger charge is -2.31. The number of rotatable bonds is 11. The standard InChI is InChI=1S/C19H31ClO4S/c1-18(2,11-12-19(3,4)13-14-21)10-5-15-24-16-6-8-17(9-7-16)25(20,22)23/h6-9,21H,5,10-15H2,1-4H3. The van der Waals surface area contributed by atoms with Gasteiger partial charge in [-0.3, -0.25) is 0 Å². The van der Waals surface area contributed by atoms with Gasteiger partial charge < -0.3 is 9.84 Å². The third-order valence-corrected chi connectivity index (χ3v) is 6.01. The van der Waals surface area contributed by atoms with Crippen molar-refractivity contribution in [3.63, 3.8) is 0 Å². The summed E-state index contributed by atoms with van der Waals surface area (Å²) in [4.78, 5) is 0.0770. The van der Waals surface area contributed by atoms with E-state index in [0.717, 1.165) is 32.1 Å². The van der Waals surface area contributed by atoms with Crippen LogP contribution in [0.25, 0.3) is 0 Å². The van der Waals surface area contributed by atoms with Gasteiger partial charge in [0.1, 0.15) is 5.75 Å². The van der Waals surface area contributed by atoms with Crippen LogP contribution in [-0.2, 0) is 9.05 Å². The summed E-state index contributed by atoms with van der Waals surface area (Å²) in [6.07, 6.45) is 5.03. The maximum Gasteiger partial charge on any atom is 0.261 e. The van der Waals surface area contributed by atoms with E-state index in [1.54, 1.807) is 12.1 Å². The molecule has 0 saturated carbocycles. The van der Waals surface area contributed by atoms with Crippen molar-refractivity contribution < 1.29 is 18.3 Å². The van der Waals surface area contributed by atoms with Crippen LogP contribution in [0.4, 0.5) is 0 Å². The Morgan fingerprint density at radius 3 is 1.96 bits per heavy atom. The van der Waals surface area contributed by atoms with E-state index in [4.69, 9.17) is 20.5 Å². The van der Waals surface area contributed by atoms with Crippen LogP contribution in [-0.4, -0.2) is 26.7 Å². The zero-order valence-electron chi connectivity index (χ0n) is 15.7. The first-order valence-electron chi connectivity index (χ1n) is 8.74. The summed E-state index contributed by atoms with van der Waals surface area (Å²) in [6, 6.07) is 6.14. The molecule has 1 aromatic rings. The van der Waals surface area contributed by atoms with Crippen molar-refractivity contribution in [3.05, 3.63) is 24.3 Å². The van der Waals surface area contributed by atoms with Gasteiger partial charge in [0.25, 0.3) is 9.05 Å². The predicted molar refractivity (Wildman–Crippen MR) is 103 cm³/mol. The van der Waals surface area contributed by atoms with Crippen LogP contribution in [0.5, 0.6) is 5.75 Å². The van der Waals surface area contributed by atoms with Crippen LogP contribution in [0, 0.1) is 10.8 Å². The van der Waals surface area contributed by atoms with E-state index in [1.165, 1.54) is 12.1 Å². The Balaban J connectivity index is 2.36. The van der Waals surface area contributed by atoms with Crippen LogP contribution < -0.4 is 4.74 Å². The minimum absolute atomic E-state index is 0.0770. The van der Waals surface area contributed by atoms with Crippen molar-refractivity contribution in [2.24, 2.45) is 10.8 Å². The molecule has 0 aliphatic rings. The maximum atomic E-state index is 11.2. The molecule has 0 bridgehead atoms. The van der Waals surface area contributed by atoms with Crippen molar-refractivity contribution in [1.82, 2.24) is 0 Å². The first-order chi connectivity index (χ1) is 11.5. The fraction of sp³-hybridized carbons (Fsp3) is 0.684. The molecule has 1 N–H and O–H groups in total. The molecule has 144 valence electrons. The van der Waals surface area contributed by atoms with Gasteiger partial charge in [0.05, 0.1) is 11.5 Å². The van der Waals surface area contributed by atoms with E-state index >= 15 is 0 Å². The summed E-state index contributed by atoms with van der Waals surface area (Å²) in [7, 11) is 1.60. The molecule has 0 aromatic heterocycles. The molecule has 0 saturated heterocycles. The predicted octanol–water partition coefficient (Wildman–Crippen LogP) is 4.99. The summed E-state index contributed by atoms with van der Waals surface area (Å²) < 4.78 is 28.1. The van der Waals surface area contributed by atoms with Crippen molar-refractivity contribution >= 4 is 19.7 Å². The average molecular weight is 391 g/mol. The van der Waals surface area contributed by atoms with Gasteiger partial charge in [0, 0.05) is 17.3 Å². The minimum atomic E-state index is -3.69. The van der Waals surface area contributed by atoms with Gasteiger partial charge in [-0.25, -0.2) is 8.42 Å². The smallest absolute Gasteiger partial charge is 0.261 e. The minimum Gasteiger partial charge on any atom is -0.494 e. The molecule has 25 heavy (non-hydrogen) atoms. The number of benzene rings is 1. The largest absolute Gasteiger partial charge is 0.494 e. The van der Waals surface area contributed by atoms with Crippen LogP contribution in [0.1, 0.15) is 59.8 Å². The highest BCUT2D eigenvalue weighted by atomic mass is 35.7. The average Bonchev–Trinajstić information content (AvgIpc) is 2.50. The van der Waals surface area contributed by atoms with Gasteiger partial charge in [-0.2, -0.15) is 0 Å². The molecule has 0 aliphatic carbocycles. The summed E-state index contributed by atoms with van der Waals surface area (Å²) in [6.45, 7) is 9.77. The lowest BCUT2D eigenvalue weighted by Crippen LogP contribution is -2.20. The molecule has 0 amide bonds. The van der Waals surface area contributed by atoms with E-state index in [-0.39, 0.29) is 22.3 Å². The molecular weight excluding hydrogens is 360 g/mol. The number of halogens is 1. The molecule has 4 nitrogen and oxygen atoms in total. The molecule has 0 heterocycles. The lowest BCUT2D eigenvalue weighted by molar-refractivity contribution is 0.167. The SMILES string of the molecule is CC(C)(CCO)CCC(C)(C)CCCOc1ccc(S(=O)(=O)Cl)cc1. The number of ether oxygens (including phenoxy) is 1. The Bertz CT molecular complexity index is 621. The molecule has 0 fully saturated rings. The number of hydrogen-bond donors (Lipinski definition) is 1. The second-order valence-corrected chi connectivity index (χ2v) is 10.7. The highest BCUT2D eigenvalue weighted by molar-refractivity contribution is 8.13. The monoisotopic (exact) mass is 390 g/mol. The van der Waals surface area contributed by atoms with Crippen LogP contribution >= 0.6 is 10.7 Å². The molecular formula is C19H31ClO4S. The molecule has 0 atom stereocenters. The summed E-state index contributed by atoms with van der Waals surface area (Å²) in [5.41, 5.74) is 0.402. The Kier molecular flexibility index (Phi) is 8.23. The Hall–Kier alpha value is -0.780. The quantitative estimate of drug-likeness (QED) is 0.427. The van der Waals surface area contributed by atoms with Crippen molar-refractivity contribution in [2.75, 3.05) is 13.2 Å². The molecule has 0 radical (unpaired) electrons. The molecule has 0 spiro atoms. The fourth-order valence-electron chi connectivity index (χ4n) is 2.67. The van der Waals surface area contributed by atoms with Gasteiger partial charge in [-0.05, 0) is 67.2 Å². The normalized spacial score (nSPS) is 13.0. The zero-order chi connectivity index (χ0) is 19.1. The van der Waals surface area contributed by atoms with Crippen molar-refractivity contribution in [3.8, 4) is 5.75 Å². The highest BCUT2D eigenvalue weighted by Gasteiger charge is 2.23. The number of hydrogen-bond acceptors (Lipinski definition) is 4. The molecule has 1 rings (SSSR count). The van der Waals surface area contributed by atoms with Crippen LogP contribution in [0.3, 0.4) is 0 Å². The van der Waals surface area contributed by atoms with Gasteiger partial charge in [0.15, 0.2) is 0 Å². The van der Waals surface area contributed by atoms with Crippen molar-refractivity contribution in [1.29, 1.82) is 0 Å². The van der Waals surface area contributed by atoms with Crippen LogP contribution in [0.15, 0.2) is 29.2 Å². The maximum absolute atomic E-state index is 11.2. The Morgan fingerprint density at radius 2 is 1.48 bits per heavy atom. The summed E-state index contributed by atoms with van der Waals surface area (Å²) in [5.74, 6) is 0.644.